The number of hydrogen-bond acceptors (Lipinski definition) is 4. The van der Waals surface area contributed by atoms with Crippen LogP contribution >= 0.6 is 0 Å². The van der Waals surface area contributed by atoms with Crippen LogP contribution in [0.1, 0.15) is 24.3 Å². The van der Waals surface area contributed by atoms with Crippen molar-refractivity contribution < 1.29 is 15.0 Å². The van der Waals surface area contributed by atoms with E-state index in [-0.39, 0.29) is 18.6 Å². The molecule has 0 aromatic heterocycles. The maximum absolute atomic E-state index is 10.9. The van der Waals surface area contributed by atoms with Gasteiger partial charge in [-0.15, -0.1) is 0 Å². The van der Waals surface area contributed by atoms with Crippen LogP contribution in [0.15, 0.2) is 24.3 Å². The largest absolute Gasteiger partial charge is 0.480 e. The minimum atomic E-state index is -0.984. The molecule has 0 radical (unpaired) electrons. The first kappa shape index (κ1) is 12.9. The van der Waals surface area contributed by atoms with Gasteiger partial charge in [-0.25, -0.2) is 0 Å². The summed E-state index contributed by atoms with van der Waals surface area (Å²) in [5, 5.41) is 21.3. The second-order valence-electron chi connectivity index (χ2n) is 4.64. The maximum Gasteiger partial charge on any atom is 0.320 e. The van der Waals surface area contributed by atoms with Crippen molar-refractivity contribution in [3.63, 3.8) is 0 Å². The molecule has 0 bridgehead atoms. The average Bonchev–Trinajstić information content (AvgIpc) is 2.68. The standard InChI is InChI=1S/C13H18N2O3/c14-10(13(17)18)7-9-8-3-1-2-4-11(8)15-12(9)5-6-16/h1-4,9-10,12,15-16H,5-7,14H2,(H,17,18)/t9-,10+,12+/m1/s1. The van der Waals surface area contributed by atoms with Gasteiger partial charge in [0.1, 0.15) is 6.04 Å². The van der Waals surface area contributed by atoms with Gasteiger partial charge in [-0.1, -0.05) is 18.2 Å². The number of carboxylic acid groups (broad SMARTS) is 1. The molecule has 5 N–H and O–H groups in total. The molecular formula is C13H18N2O3. The third-order valence-electron chi connectivity index (χ3n) is 3.45. The van der Waals surface area contributed by atoms with E-state index in [1.807, 2.05) is 24.3 Å². The Balaban J connectivity index is 2.20. The normalized spacial score (nSPS) is 23.2. The number of nitrogens with two attached hydrogens (primary N) is 1. The van der Waals surface area contributed by atoms with Crippen molar-refractivity contribution in [1.29, 1.82) is 0 Å². The summed E-state index contributed by atoms with van der Waals surface area (Å²) >= 11 is 0. The molecule has 18 heavy (non-hydrogen) atoms. The Kier molecular flexibility index (Phi) is 3.84. The van der Waals surface area contributed by atoms with Gasteiger partial charge in [0, 0.05) is 24.3 Å². The molecule has 0 saturated carbocycles. The van der Waals surface area contributed by atoms with Gasteiger partial charge in [-0.3, -0.25) is 4.79 Å². The van der Waals surface area contributed by atoms with Crippen LogP contribution in [-0.4, -0.2) is 34.9 Å². The number of para-hydroxylation sites is 1. The summed E-state index contributed by atoms with van der Waals surface area (Å²) in [6, 6.07) is 7.00. The molecule has 1 aromatic carbocycles. The fourth-order valence-corrected chi connectivity index (χ4v) is 2.55. The van der Waals surface area contributed by atoms with Crippen molar-refractivity contribution in [2.24, 2.45) is 5.73 Å². The molecule has 0 aliphatic carbocycles. The average molecular weight is 250 g/mol. The lowest BCUT2D eigenvalue weighted by atomic mass is 9.87. The lowest BCUT2D eigenvalue weighted by Gasteiger charge is -2.21. The van der Waals surface area contributed by atoms with E-state index in [1.54, 1.807) is 0 Å². The maximum atomic E-state index is 10.9. The zero-order valence-electron chi connectivity index (χ0n) is 10.0. The van der Waals surface area contributed by atoms with E-state index in [0.717, 1.165) is 11.3 Å². The van der Waals surface area contributed by atoms with Crippen LogP contribution in [0.3, 0.4) is 0 Å². The molecule has 2 rings (SSSR count). The molecule has 5 heteroatoms. The van der Waals surface area contributed by atoms with Gasteiger partial charge in [0.15, 0.2) is 0 Å². The Hall–Kier alpha value is -1.59. The number of benzene rings is 1. The number of rotatable bonds is 5. The third kappa shape index (κ3) is 2.47. The summed E-state index contributed by atoms with van der Waals surface area (Å²) in [7, 11) is 0. The van der Waals surface area contributed by atoms with Crippen LogP contribution in [0.25, 0.3) is 0 Å². The van der Waals surface area contributed by atoms with Crippen molar-refractivity contribution in [2.45, 2.75) is 30.8 Å². The number of aliphatic hydroxyl groups excluding tert-OH is 1. The van der Waals surface area contributed by atoms with Crippen LogP contribution in [0.2, 0.25) is 0 Å². The third-order valence-corrected chi connectivity index (χ3v) is 3.45. The van der Waals surface area contributed by atoms with Crippen molar-refractivity contribution in [3.8, 4) is 0 Å². The van der Waals surface area contributed by atoms with Gasteiger partial charge in [0.25, 0.3) is 0 Å². The quantitative estimate of drug-likeness (QED) is 0.618. The highest BCUT2D eigenvalue weighted by molar-refractivity contribution is 5.73. The zero-order valence-corrected chi connectivity index (χ0v) is 10.0. The lowest BCUT2D eigenvalue weighted by Crippen LogP contribution is -2.35. The molecule has 98 valence electrons. The van der Waals surface area contributed by atoms with E-state index in [4.69, 9.17) is 15.9 Å². The number of anilines is 1. The summed E-state index contributed by atoms with van der Waals surface area (Å²) in [5.41, 5.74) is 7.72. The Morgan fingerprint density at radius 3 is 2.83 bits per heavy atom. The molecular weight excluding hydrogens is 232 g/mol. The zero-order chi connectivity index (χ0) is 13.1. The molecule has 3 atom stereocenters. The van der Waals surface area contributed by atoms with Crippen molar-refractivity contribution >= 4 is 11.7 Å². The van der Waals surface area contributed by atoms with Gasteiger partial charge >= 0.3 is 5.97 Å². The number of hydrogen-bond donors (Lipinski definition) is 4. The molecule has 0 unspecified atom stereocenters. The van der Waals surface area contributed by atoms with Gasteiger partial charge < -0.3 is 21.3 Å². The number of aliphatic carboxylic acids is 1. The minimum absolute atomic E-state index is 0.0412. The number of nitrogens with one attached hydrogen (secondary N) is 1. The summed E-state index contributed by atoms with van der Waals surface area (Å²) < 4.78 is 0. The number of carbonyl (C=O) groups is 1. The van der Waals surface area contributed by atoms with E-state index >= 15 is 0 Å². The first-order valence-electron chi connectivity index (χ1n) is 6.08. The molecule has 5 nitrogen and oxygen atoms in total. The van der Waals surface area contributed by atoms with Crippen LogP contribution in [-0.2, 0) is 4.79 Å². The Labute approximate surface area is 106 Å². The lowest BCUT2D eigenvalue weighted by molar-refractivity contribution is -0.138. The van der Waals surface area contributed by atoms with E-state index in [0.29, 0.717) is 12.8 Å². The van der Waals surface area contributed by atoms with Crippen molar-refractivity contribution in [3.05, 3.63) is 29.8 Å². The molecule has 1 aliphatic heterocycles. The first-order chi connectivity index (χ1) is 8.63. The topological polar surface area (TPSA) is 95.6 Å². The predicted octanol–water partition coefficient (Wildman–Crippen LogP) is 0.749. The summed E-state index contributed by atoms with van der Waals surface area (Å²) in [6.07, 6.45) is 0.968. The van der Waals surface area contributed by atoms with Crippen LogP contribution in [0, 0.1) is 0 Å². The number of fused-ring (bicyclic) bond motifs is 1. The van der Waals surface area contributed by atoms with E-state index in [2.05, 4.69) is 5.32 Å². The molecule has 1 heterocycles. The fraction of sp³-hybridized carbons (Fsp3) is 0.462. The van der Waals surface area contributed by atoms with Crippen LogP contribution in [0.5, 0.6) is 0 Å². The predicted molar refractivity (Wildman–Crippen MR) is 68.5 cm³/mol. The molecule has 1 aliphatic rings. The summed E-state index contributed by atoms with van der Waals surface area (Å²) in [6.45, 7) is 0.0739. The van der Waals surface area contributed by atoms with E-state index in [9.17, 15) is 4.79 Å². The van der Waals surface area contributed by atoms with Crippen LogP contribution in [0.4, 0.5) is 5.69 Å². The number of carboxylic acids is 1. The Morgan fingerprint density at radius 1 is 1.44 bits per heavy atom. The molecule has 1 aromatic rings. The smallest absolute Gasteiger partial charge is 0.320 e. The summed E-state index contributed by atoms with van der Waals surface area (Å²) in [4.78, 5) is 10.9. The van der Waals surface area contributed by atoms with Gasteiger partial charge in [-0.2, -0.15) is 0 Å². The molecule has 0 fully saturated rings. The van der Waals surface area contributed by atoms with Gasteiger partial charge in [0.05, 0.1) is 0 Å². The molecule has 0 saturated heterocycles. The van der Waals surface area contributed by atoms with Crippen molar-refractivity contribution in [2.75, 3.05) is 11.9 Å². The van der Waals surface area contributed by atoms with E-state index in [1.165, 1.54) is 0 Å². The fourth-order valence-electron chi connectivity index (χ4n) is 2.55. The molecule has 0 amide bonds. The first-order valence-corrected chi connectivity index (χ1v) is 6.08. The highest BCUT2D eigenvalue weighted by Gasteiger charge is 2.33. The van der Waals surface area contributed by atoms with Gasteiger partial charge in [-0.05, 0) is 24.5 Å². The SMILES string of the molecule is N[C@@H](C[C@@H]1c2ccccc2N[C@H]1CCO)C(=O)O. The minimum Gasteiger partial charge on any atom is -0.480 e. The summed E-state index contributed by atoms with van der Waals surface area (Å²) in [5.74, 6) is -0.943. The van der Waals surface area contributed by atoms with E-state index < -0.39 is 12.0 Å². The second kappa shape index (κ2) is 5.37. The highest BCUT2D eigenvalue weighted by atomic mass is 16.4. The monoisotopic (exact) mass is 250 g/mol. The second-order valence-corrected chi connectivity index (χ2v) is 4.64. The Bertz CT molecular complexity index is 436. The number of aliphatic hydroxyl groups is 1. The highest BCUT2D eigenvalue weighted by Crippen LogP contribution is 2.39. The van der Waals surface area contributed by atoms with Gasteiger partial charge in [0.2, 0.25) is 0 Å². The van der Waals surface area contributed by atoms with Crippen LogP contribution < -0.4 is 11.1 Å². The Morgan fingerprint density at radius 2 is 2.17 bits per heavy atom. The van der Waals surface area contributed by atoms with Crippen molar-refractivity contribution in [1.82, 2.24) is 0 Å². The molecule has 0 spiro atoms.